The summed E-state index contributed by atoms with van der Waals surface area (Å²) >= 11 is 0. The molecule has 0 bridgehead atoms. The lowest BCUT2D eigenvalue weighted by atomic mass is 9.84. The van der Waals surface area contributed by atoms with Gasteiger partial charge in [-0.1, -0.05) is 13.5 Å². The Kier molecular flexibility index (Phi) is 5.36. The van der Waals surface area contributed by atoms with E-state index < -0.39 is 11.4 Å². The van der Waals surface area contributed by atoms with Crippen molar-refractivity contribution in [1.29, 1.82) is 0 Å². The van der Waals surface area contributed by atoms with Crippen LogP contribution in [0.25, 0.3) is 22.3 Å². The first-order valence-corrected chi connectivity index (χ1v) is 12.6. The summed E-state index contributed by atoms with van der Waals surface area (Å²) in [6.07, 6.45) is 0.865. The fourth-order valence-corrected chi connectivity index (χ4v) is 5.88. The molecule has 1 N–H and O–H groups in total. The second-order valence-corrected chi connectivity index (χ2v) is 10.2. The van der Waals surface area contributed by atoms with E-state index in [9.17, 15) is 9.90 Å². The number of methoxy groups -OCH3 is 1. The SMILES string of the molecule is C=C1OCc2c(cc3n(c2=O)Cc2c-3nc3cc(F)c4c(c3c2CCOC)N(C(C)C)CO4)[C@@]1(O)CC. The third-order valence-electron chi connectivity index (χ3n) is 7.96. The topological polar surface area (TPSA) is 86.1 Å². The Bertz CT molecular complexity index is 1550. The number of ether oxygens (including phenoxy) is 3. The third kappa shape index (κ3) is 3.20. The van der Waals surface area contributed by atoms with Crippen LogP contribution in [-0.4, -0.2) is 41.1 Å². The van der Waals surface area contributed by atoms with Crippen molar-refractivity contribution in [3.8, 4) is 17.1 Å². The smallest absolute Gasteiger partial charge is 0.258 e. The maximum absolute atomic E-state index is 15.2. The first-order chi connectivity index (χ1) is 17.7. The zero-order valence-electron chi connectivity index (χ0n) is 21.5. The zero-order chi connectivity index (χ0) is 26.2. The number of hydrogen-bond acceptors (Lipinski definition) is 7. The molecule has 0 aliphatic carbocycles. The van der Waals surface area contributed by atoms with Crippen LogP contribution >= 0.6 is 0 Å². The van der Waals surface area contributed by atoms with Gasteiger partial charge in [-0.25, -0.2) is 9.37 Å². The van der Waals surface area contributed by atoms with Gasteiger partial charge in [0.2, 0.25) is 0 Å². The largest absolute Gasteiger partial charge is 0.490 e. The standard InChI is InChI=1S/C28H30FN3O5/c1-6-28(34)15(4)36-12-18-19(28)9-22-24-17(11-31(22)27(18)33)16(7-8-35-5)23-21(30-24)10-20(29)26-25(23)32(13-37-26)14(2)3/h9-10,14,34H,4,6-8,11-13H2,1-3,5H3/t28-/m1/s1. The molecule has 6 rings (SSSR count). The van der Waals surface area contributed by atoms with E-state index in [-0.39, 0.29) is 36.4 Å². The van der Waals surface area contributed by atoms with Crippen molar-refractivity contribution in [2.75, 3.05) is 25.3 Å². The molecule has 9 heteroatoms. The fourth-order valence-electron chi connectivity index (χ4n) is 5.88. The quantitative estimate of drug-likeness (QED) is 0.438. The highest BCUT2D eigenvalue weighted by Crippen LogP contribution is 2.48. The van der Waals surface area contributed by atoms with Crippen LogP contribution in [0, 0.1) is 5.82 Å². The second-order valence-electron chi connectivity index (χ2n) is 10.2. The summed E-state index contributed by atoms with van der Waals surface area (Å²) in [5, 5.41) is 12.2. The Morgan fingerprint density at radius 3 is 2.78 bits per heavy atom. The second kappa shape index (κ2) is 8.29. The van der Waals surface area contributed by atoms with Gasteiger partial charge in [0.05, 0.1) is 41.3 Å². The summed E-state index contributed by atoms with van der Waals surface area (Å²) in [6.45, 7) is 10.9. The maximum Gasteiger partial charge on any atom is 0.258 e. The first kappa shape index (κ1) is 23.9. The average molecular weight is 508 g/mol. The predicted molar refractivity (Wildman–Crippen MR) is 137 cm³/mol. The number of aliphatic hydroxyl groups is 1. The van der Waals surface area contributed by atoms with E-state index in [0.29, 0.717) is 59.7 Å². The molecule has 0 fully saturated rings. The number of benzene rings is 1. The van der Waals surface area contributed by atoms with Crippen molar-refractivity contribution in [2.45, 2.75) is 58.4 Å². The predicted octanol–water partition coefficient (Wildman–Crippen LogP) is 3.96. The van der Waals surface area contributed by atoms with E-state index in [1.807, 2.05) is 31.7 Å². The highest BCUT2D eigenvalue weighted by atomic mass is 19.1. The number of fused-ring (bicyclic) bond motifs is 7. The van der Waals surface area contributed by atoms with Gasteiger partial charge in [0, 0.05) is 35.7 Å². The molecule has 1 aromatic carbocycles. The summed E-state index contributed by atoms with van der Waals surface area (Å²) in [6, 6.07) is 3.32. The average Bonchev–Trinajstić information content (AvgIpc) is 3.48. The van der Waals surface area contributed by atoms with Crippen LogP contribution in [0.3, 0.4) is 0 Å². The van der Waals surface area contributed by atoms with Crippen LogP contribution in [0.2, 0.25) is 0 Å². The summed E-state index contributed by atoms with van der Waals surface area (Å²) in [5.41, 5.74) is 3.47. The molecule has 8 nitrogen and oxygen atoms in total. The van der Waals surface area contributed by atoms with Gasteiger partial charge in [0.25, 0.3) is 5.56 Å². The maximum atomic E-state index is 15.2. The van der Waals surface area contributed by atoms with E-state index in [1.165, 1.54) is 6.07 Å². The van der Waals surface area contributed by atoms with Crippen molar-refractivity contribution < 1.29 is 23.7 Å². The summed E-state index contributed by atoms with van der Waals surface area (Å²) in [5.74, 6) is -0.0115. The summed E-state index contributed by atoms with van der Waals surface area (Å²) in [4.78, 5) is 20.6. The molecule has 37 heavy (non-hydrogen) atoms. The van der Waals surface area contributed by atoms with Crippen LogP contribution in [0.1, 0.15) is 49.4 Å². The third-order valence-corrected chi connectivity index (χ3v) is 7.96. The number of pyridine rings is 2. The van der Waals surface area contributed by atoms with Crippen molar-refractivity contribution >= 4 is 16.6 Å². The number of halogens is 1. The minimum atomic E-state index is -1.47. The normalized spacial score (nSPS) is 19.5. The molecule has 0 spiro atoms. The van der Waals surface area contributed by atoms with Gasteiger partial charge in [-0.15, -0.1) is 0 Å². The molecule has 194 valence electrons. The van der Waals surface area contributed by atoms with Crippen molar-refractivity contribution in [2.24, 2.45) is 0 Å². The monoisotopic (exact) mass is 507 g/mol. The summed E-state index contributed by atoms with van der Waals surface area (Å²) < 4.78 is 33.7. The molecule has 1 atom stereocenters. The van der Waals surface area contributed by atoms with E-state index >= 15 is 4.39 Å². The van der Waals surface area contributed by atoms with Gasteiger partial charge in [-0.2, -0.15) is 0 Å². The molecule has 0 radical (unpaired) electrons. The molecule has 0 unspecified atom stereocenters. The van der Waals surface area contributed by atoms with E-state index in [4.69, 9.17) is 19.2 Å². The highest BCUT2D eigenvalue weighted by Gasteiger charge is 2.42. The molecule has 5 heterocycles. The Labute approximate surface area is 213 Å². The van der Waals surface area contributed by atoms with Crippen molar-refractivity contribution in [3.05, 3.63) is 62.9 Å². The summed E-state index contributed by atoms with van der Waals surface area (Å²) in [7, 11) is 1.64. The number of rotatable bonds is 5. The molecular weight excluding hydrogens is 477 g/mol. The van der Waals surface area contributed by atoms with Crippen LogP contribution in [-0.2, 0) is 34.6 Å². The molecule has 3 aromatic rings. The Morgan fingerprint density at radius 1 is 1.30 bits per heavy atom. The Morgan fingerprint density at radius 2 is 2.08 bits per heavy atom. The fraction of sp³-hybridized carbons (Fsp3) is 0.429. The lowest BCUT2D eigenvalue weighted by Crippen LogP contribution is -2.38. The number of nitrogens with zero attached hydrogens (tertiary/aromatic N) is 3. The molecule has 3 aliphatic heterocycles. The Balaban J connectivity index is 1.66. The molecule has 0 amide bonds. The molecule has 0 saturated heterocycles. The molecular formula is C28H30FN3O5. The van der Waals surface area contributed by atoms with Gasteiger partial charge in [-0.3, -0.25) is 4.79 Å². The van der Waals surface area contributed by atoms with Crippen LogP contribution in [0.4, 0.5) is 10.1 Å². The number of aromatic nitrogens is 2. The van der Waals surface area contributed by atoms with Crippen LogP contribution in [0.5, 0.6) is 5.75 Å². The van der Waals surface area contributed by atoms with Gasteiger partial charge >= 0.3 is 0 Å². The number of anilines is 1. The zero-order valence-corrected chi connectivity index (χ0v) is 21.5. The lowest BCUT2D eigenvalue weighted by molar-refractivity contribution is -0.0172. The van der Waals surface area contributed by atoms with Crippen LogP contribution < -0.4 is 15.2 Å². The number of hydrogen-bond donors (Lipinski definition) is 1. The first-order valence-electron chi connectivity index (χ1n) is 12.6. The minimum Gasteiger partial charge on any atom is -0.490 e. The van der Waals surface area contributed by atoms with Gasteiger partial charge in [0.15, 0.2) is 18.3 Å². The van der Waals surface area contributed by atoms with Crippen molar-refractivity contribution in [1.82, 2.24) is 9.55 Å². The molecule has 3 aliphatic rings. The van der Waals surface area contributed by atoms with Crippen molar-refractivity contribution in [3.63, 3.8) is 0 Å². The van der Waals surface area contributed by atoms with E-state index in [1.54, 1.807) is 11.7 Å². The van der Waals surface area contributed by atoms with E-state index in [2.05, 4.69) is 6.58 Å². The molecule has 0 saturated carbocycles. The van der Waals surface area contributed by atoms with Crippen LogP contribution in [0.15, 0.2) is 29.3 Å². The highest BCUT2D eigenvalue weighted by molar-refractivity contribution is 6.01. The lowest BCUT2D eigenvalue weighted by Gasteiger charge is -2.35. The molecule has 2 aromatic heterocycles. The minimum absolute atomic E-state index is 0.0529. The van der Waals surface area contributed by atoms with Gasteiger partial charge < -0.3 is 28.8 Å². The Hall–Kier alpha value is -3.43. The van der Waals surface area contributed by atoms with Gasteiger partial charge in [0.1, 0.15) is 18.0 Å². The van der Waals surface area contributed by atoms with E-state index in [0.717, 1.165) is 16.5 Å². The van der Waals surface area contributed by atoms with Gasteiger partial charge in [-0.05, 0) is 38.3 Å².